The molecule has 1 saturated heterocycles. The largest absolute Gasteiger partial charge is 0.495 e. The van der Waals surface area contributed by atoms with Crippen molar-refractivity contribution < 1.29 is 27.8 Å². The molecule has 7 nitrogen and oxygen atoms in total. The first-order valence-electron chi connectivity index (χ1n) is 14.1. The van der Waals surface area contributed by atoms with E-state index in [2.05, 4.69) is 39.3 Å². The number of rotatable bonds is 9. The summed E-state index contributed by atoms with van der Waals surface area (Å²) >= 11 is 14.4. The van der Waals surface area contributed by atoms with Crippen LogP contribution in [0.25, 0.3) is 0 Å². The van der Waals surface area contributed by atoms with Crippen LogP contribution < -0.4 is 15.4 Å². The fourth-order valence-corrected chi connectivity index (χ4v) is 6.46. The van der Waals surface area contributed by atoms with Crippen LogP contribution in [0.5, 0.6) is 5.75 Å². The Balaban J connectivity index is 1.88. The summed E-state index contributed by atoms with van der Waals surface area (Å²) in [6, 6.07) is 13.0. The van der Waals surface area contributed by atoms with Gasteiger partial charge >= 0.3 is 5.97 Å². The second kappa shape index (κ2) is 14.2. The summed E-state index contributed by atoms with van der Waals surface area (Å²) in [7, 11) is 1.38. The predicted molar refractivity (Wildman–Crippen MR) is 178 cm³/mol. The average Bonchev–Trinajstić information content (AvgIpc) is 3.30. The van der Waals surface area contributed by atoms with Crippen LogP contribution in [0.4, 0.5) is 14.5 Å². The standard InChI is InChI=1S/C33H32Cl2F2IN3O4/c1-32(2,3)16-26-33(17-39,21-10-9-19(34)15-23(21)36)27(20-6-5-7-22(35)28(20)37)29(41-26)30(42)40-24-11-8-18(14-25(24)44-4)31(43)45-13-12-38/h5-11,14-15,26-27,29,41H,12-13,16H2,1-4H3,(H,40,42)/t26-,27-,29+,33-/m0/s1. The molecule has 45 heavy (non-hydrogen) atoms. The molecule has 0 spiro atoms. The van der Waals surface area contributed by atoms with Crippen LogP contribution in [0.15, 0.2) is 54.6 Å². The van der Waals surface area contributed by atoms with Gasteiger partial charge in [-0.3, -0.25) is 4.79 Å². The Kier molecular flexibility index (Phi) is 11.0. The van der Waals surface area contributed by atoms with E-state index in [4.69, 9.17) is 32.7 Å². The number of carbonyl (C=O) groups excluding carboxylic acids is 2. The number of nitriles is 1. The highest BCUT2D eigenvalue weighted by atomic mass is 127. The van der Waals surface area contributed by atoms with E-state index in [1.807, 2.05) is 20.8 Å². The molecule has 1 aliphatic rings. The average molecular weight is 770 g/mol. The normalized spacial score (nSPS) is 21.2. The van der Waals surface area contributed by atoms with Crippen molar-refractivity contribution in [2.24, 2.45) is 5.41 Å². The molecule has 238 valence electrons. The molecule has 2 N–H and O–H groups in total. The summed E-state index contributed by atoms with van der Waals surface area (Å²) in [6.45, 7) is 6.10. The topological polar surface area (TPSA) is 100 Å². The zero-order chi connectivity index (χ0) is 33.1. The minimum absolute atomic E-state index is 0.0252. The summed E-state index contributed by atoms with van der Waals surface area (Å²) in [6.07, 6.45) is 0.322. The van der Waals surface area contributed by atoms with Crippen molar-refractivity contribution in [1.82, 2.24) is 5.32 Å². The maximum Gasteiger partial charge on any atom is 0.338 e. The van der Waals surface area contributed by atoms with Crippen LogP contribution >= 0.6 is 45.8 Å². The number of alkyl halides is 1. The number of halogens is 5. The van der Waals surface area contributed by atoms with Gasteiger partial charge in [0, 0.05) is 27.0 Å². The number of anilines is 1. The van der Waals surface area contributed by atoms with Crippen LogP contribution in [0.1, 0.15) is 54.6 Å². The van der Waals surface area contributed by atoms with Crippen molar-refractivity contribution in [2.75, 3.05) is 23.5 Å². The molecular weight excluding hydrogens is 738 g/mol. The molecule has 4 atom stereocenters. The van der Waals surface area contributed by atoms with Crippen molar-refractivity contribution >= 4 is 63.4 Å². The van der Waals surface area contributed by atoms with Crippen LogP contribution in [0.2, 0.25) is 10.0 Å². The first-order valence-corrected chi connectivity index (χ1v) is 16.3. The first-order chi connectivity index (χ1) is 21.3. The number of hydrogen-bond donors (Lipinski definition) is 2. The molecule has 1 heterocycles. The minimum Gasteiger partial charge on any atom is -0.495 e. The maximum absolute atomic E-state index is 15.9. The number of hydrogen-bond acceptors (Lipinski definition) is 6. The quantitative estimate of drug-likeness (QED) is 0.131. The number of benzene rings is 3. The molecule has 0 aromatic heterocycles. The zero-order valence-corrected chi connectivity index (χ0v) is 28.7. The second-order valence-corrected chi connectivity index (χ2v) is 13.8. The molecule has 0 bridgehead atoms. The lowest BCUT2D eigenvalue weighted by Crippen LogP contribution is -2.45. The van der Waals surface area contributed by atoms with Crippen LogP contribution in [-0.2, 0) is 14.9 Å². The molecule has 0 aliphatic carbocycles. The Labute approximate surface area is 284 Å². The smallest absolute Gasteiger partial charge is 0.338 e. The number of amides is 1. The molecule has 3 aromatic carbocycles. The Morgan fingerprint density at radius 3 is 2.49 bits per heavy atom. The predicted octanol–water partition coefficient (Wildman–Crippen LogP) is 7.83. The number of methoxy groups -OCH3 is 1. The molecular formula is C33H32Cl2F2IN3O4. The second-order valence-electron chi connectivity index (χ2n) is 11.9. The van der Waals surface area contributed by atoms with Gasteiger partial charge in [0.1, 0.15) is 29.4 Å². The number of nitrogens with one attached hydrogen (secondary N) is 2. The summed E-state index contributed by atoms with van der Waals surface area (Å²) in [5.74, 6) is -3.82. The molecule has 12 heteroatoms. The van der Waals surface area contributed by atoms with E-state index in [1.54, 1.807) is 0 Å². The third-order valence-corrected chi connectivity index (χ3v) is 8.70. The van der Waals surface area contributed by atoms with Gasteiger partial charge in [-0.1, -0.05) is 84.8 Å². The molecule has 0 radical (unpaired) electrons. The number of nitrogens with zero attached hydrogens (tertiary/aromatic N) is 1. The highest BCUT2D eigenvalue weighted by Crippen LogP contribution is 2.53. The Hall–Kier alpha value is -2.98. The van der Waals surface area contributed by atoms with Gasteiger partial charge < -0.3 is 20.1 Å². The fraction of sp³-hybridized carbons (Fsp3) is 0.364. The monoisotopic (exact) mass is 769 g/mol. The third-order valence-electron chi connectivity index (χ3n) is 7.74. The summed E-state index contributed by atoms with van der Waals surface area (Å²) in [4.78, 5) is 26.6. The lowest BCUT2D eigenvalue weighted by molar-refractivity contribution is -0.118. The van der Waals surface area contributed by atoms with Gasteiger partial charge in [-0.15, -0.1) is 0 Å². The van der Waals surface area contributed by atoms with E-state index < -0.39 is 52.3 Å². The minimum atomic E-state index is -1.77. The van der Waals surface area contributed by atoms with Gasteiger partial charge in [0.15, 0.2) is 0 Å². The summed E-state index contributed by atoms with van der Waals surface area (Å²) in [5.41, 5.74) is -1.77. The van der Waals surface area contributed by atoms with Gasteiger partial charge in [-0.05, 0) is 53.8 Å². The molecule has 0 saturated carbocycles. The van der Waals surface area contributed by atoms with Crippen LogP contribution in [-0.4, -0.2) is 42.1 Å². The summed E-state index contributed by atoms with van der Waals surface area (Å²) < 4.78 is 43.0. The van der Waals surface area contributed by atoms with E-state index in [0.717, 1.165) is 6.07 Å². The van der Waals surface area contributed by atoms with Crippen LogP contribution in [0.3, 0.4) is 0 Å². The van der Waals surface area contributed by atoms with E-state index in [9.17, 15) is 14.9 Å². The fourth-order valence-electron chi connectivity index (χ4n) is 5.90. The zero-order valence-electron chi connectivity index (χ0n) is 25.0. The Morgan fingerprint density at radius 2 is 1.87 bits per heavy atom. The van der Waals surface area contributed by atoms with Gasteiger partial charge in [0.25, 0.3) is 0 Å². The van der Waals surface area contributed by atoms with E-state index in [0.29, 0.717) is 10.8 Å². The van der Waals surface area contributed by atoms with Crippen molar-refractivity contribution in [1.29, 1.82) is 5.26 Å². The van der Waals surface area contributed by atoms with Crippen LogP contribution in [0, 0.1) is 28.4 Å². The van der Waals surface area contributed by atoms with E-state index in [-0.39, 0.29) is 44.8 Å². The molecule has 3 aromatic rings. The molecule has 1 fully saturated rings. The lowest BCUT2D eigenvalue weighted by atomic mass is 9.62. The molecule has 4 rings (SSSR count). The molecule has 1 aliphatic heterocycles. The van der Waals surface area contributed by atoms with E-state index >= 15 is 8.78 Å². The number of ether oxygens (including phenoxy) is 2. The highest BCUT2D eigenvalue weighted by molar-refractivity contribution is 14.1. The van der Waals surface area contributed by atoms with Gasteiger partial charge in [-0.25, -0.2) is 13.6 Å². The van der Waals surface area contributed by atoms with Crippen molar-refractivity contribution in [3.63, 3.8) is 0 Å². The summed E-state index contributed by atoms with van der Waals surface area (Å²) in [5, 5.41) is 17.0. The van der Waals surface area contributed by atoms with Crippen molar-refractivity contribution in [3.8, 4) is 11.8 Å². The number of carbonyl (C=O) groups is 2. The molecule has 1 amide bonds. The Bertz CT molecular complexity index is 1650. The SMILES string of the molecule is COc1cc(C(=O)OCCI)ccc1NC(=O)[C@@H]1N[C@@H](CC(C)(C)C)[C@](C#N)(c2ccc(Cl)cc2F)[C@H]1c1cccc(Cl)c1F. The van der Waals surface area contributed by atoms with E-state index in [1.165, 1.54) is 55.6 Å². The molecule has 0 unspecified atom stereocenters. The number of esters is 1. The van der Waals surface area contributed by atoms with Gasteiger partial charge in [0.05, 0.1) is 35.5 Å². The highest BCUT2D eigenvalue weighted by Gasteiger charge is 2.61. The van der Waals surface area contributed by atoms with Gasteiger partial charge in [0.2, 0.25) is 5.91 Å². The van der Waals surface area contributed by atoms with Crippen molar-refractivity contribution in [3.05, 3.63) is 93.0 Å². The maximum atomic E-state index is 15.9. The Morgan fingerprint density at radius 1 is 1.13 bits per heavy atom. The van der Waals surface area contributed by atoms with Gasteiger partial charge in [-0.2, -0.15) is 5.26 Å². The van der Waals surface area contributed by atoms with Crippen molar-refractivity contribution in [2.45, 2.75) is 50.6 Å². The first kappa shape index (κ1) is 34.9. The lowest BCUT2D eigenvalue weighted by Gasteiger charge is -2.37. The third kappa shape index (κ3) is 7.22.